The molecular formula is C14H27BrO. The molecule has 0 heterocycles. The largest absolute Gasteiger partial charge is 0.381 e. The Morgan fingerprint density at radius 2 is 1.75 bits per heavy atom. The molecule has 0 bridgehead atoms. The van der Waals surface area contributed by atoms with Crippen LogP contribution < -0.4 is 0 Å². The van der Waals surface area contributed by atoms with Gasteiger partial charge in [0.05, 0.1) is 6.61 Å². The molecule has 0 amide bonds. The van der Waals surface area contributed by atoms with Crippen LogP contribution in [0.1, 0.15) is 64.7 Å². The van der Waals surface area contributed by atoms with Crippen molar-refractivity contribution in [1.29, 1.82) is 0 Å². The lowest BCUT2D eigenvalue weighted by atomic mass is 9.90. The highest BCUT2D eigenvalue weighted by atomic mass is 79.9. The molecule has 1 nitrogen and oxygen atoms in total. The smallest absolute Gasteiger partial charge is 0.0530 e. The summed E-state index contributed by atoms with van der Waals surface area (Å²) in [7, 11) is 0. The van der Waals surface area contributed by atoms with Gasteiger partial charge in [-0.25, -0.2) is 0 Å². The maximum Gasteiger partial charge on any atom is 0.0530 e. The fourth-order valence-electron chi connectivity index (χ4n) is 2.54. The molecule has 1 aliphatic carbocycles. The summed E-state index contributed by atoms with van der Waals surface area (Å²) in [5.41, 5.74) is 0.476. The third kappa shape index (κ3) is 5.18. The van der Waals surface area contributed by atoms with Gasteiger partial charge < -0.3 is 4.74 Å². The summed E-state index contributed by atoms with van der Waals surface area (Å²) >= 11 is 3.66. The van der Waals surface area contributed by atoms with Gasteiger partial charge >= 0.3 is 0 Å². The predicted molar refractivity (Wildman–Crippen MR) is 74.3 cm³/mol. The van der Waals surface area contributed by atoms with Crippen molar-refractivity contribution in [2.24, 2.45) is 5.41 Å². The number of alkyl halides is 1. The van der Waals surface area contributed by atoms with E-state index in [1.54, 1.807) is 0 Å². The first-order valence-electron chi connectivity index (χ1n) is 6.97. The standard InChI is InChI=1S/C14H27BrO/c1-2-3-4-5-8-11-16-13-14(12-15)9-6-7-10-14/h2-13H2,1H3. The van der Waals surface area contributed by atoms with Gasteiger partial charge in [0, 0.05) is 17.4 Å². The molecule has 16 heavy (non-hydrogen) atoms. The van der Waals surface area contributed by atoms with Gasteiger partial charge in [0.15, 0.2) is 0 Å². The first kappa shape index (κ1) is 14.5. The third-order valence-electron chi connectivity index (χ3n) is 3.75. The highest BCUT2D eigenvalue weighted by Gasteiger charge is 2.32. The van der Waals surface area contributed by atoms with Crippen LogP contribution in [0.3, 0.4) is 0 Å². The normalized spacial score (nSPS) is 19.1. The van der Waals surface area contributed by atoms with E-state index < -0.39 is 0 Å². The first-order chi connectivity index (χ1) is 7.83. The van der Waals surface area contributed by atoms with Crippen LogP contribution >= 0.6 is 15.9 Å². The zero-order chi connectivity index (χ0) is 11.7. The van der Waals surface area contributed by atoms with Crippen LogP contribution in [0.15, 0.2) is 0 Å². The molecule has 1 aliphatic rings. The fraction of sp³-hybridized carbons (Fsp3) is 1.00. The predicted octanol–water partition coefficient (Wildman–Crippen LogP) is 4.93. The Balaban J connectivity index is 1.97. The van der Waals surface area contributed by atoms with E-state index in [1.165, 1.54) is 57.8 Å². The van der Waals surface area contributed by atoms with Crippen molar-refractivity contribution in [2.45, 2.75) is 64.7 Å². The Morgan fingerprint density at radius 1 is 1.06 bits per heavy atom. The van der Waals surface area contributed by atoms with Crippen molar-refractivity contribution < 1.29 is 4.74 Å². The number of hydrogen-bond acceptors (Lipinski definition) is 1. The molecule has 0 spiro atoms. The molecule has 0 radical (unpaired) electrons. The second-order valence-electron chi connectivity index (χ2n) is 5.31. The molecule has 0 aromatic heterocycles. The molecule has 1 rings (SSSR count). The van der Waals surface area contributed by atoms with E-state index in [2.05, 4.69) is 22.9 Å². The molecule has 0 unspecified atom stereocenters. The quantitative estimate of drug-likeness (QED) is 0.432. The number of hydrogen-bond donors (Lipinski definition) is 0. The second-order valence-corrected chi connectivity index (χ2v) is 5.87. The minimum Gasteiger partial charge on any atom is -0.381 e. The minimum atomic E-state index is 0.476. The zero-order valence-electron chi connectivity index (χ0n) is 10.8. The van der Waals surface area contributed by atoms with Gasteiger partial charge in [-0.2, -0.15) is 0 Å². The summed E-state index contributed by atoms with van der Waals surface area (Å²) in [6.07, 6.45) is 12.2. The van der Waals surface area contributed by atoms with E-state index in [4.69, 9.17) is 4.74 Å². The van der Waals surface area contributed by atoms with Crippen LogP contribution in [0.4, 0.5) is 0 Å². The monoisotopic (exact) mass is 290 g/mol. The second kappa shape index (κ2) is 8.52. The molecule has 0 aromatic carbocycles. The molecular weight excluding hydrogens is 264 g/mol. The van der Waals surface area contributed by atoms with Crippen molar-refractivity contribution in [3.8, 4) is 0 Å². The topological polar surface area (TPSA) is 9.23 Å². The summed E-state index contributed by atoms with van der Waals surface area (Å²) in [4.78, 5) is 0. The lowest BCUT2D eigenvalue weighted by Crippen LogP contribution is -2.25. The highest BCUT2D eigenvalue weighted by Crippen LogP contribution is 2.39. The van der Waals surface area contributed by atoms with Crippen molar-refractivity contribution in [1.82, 2.24) is 0 Å². The Morgan fingerprint density at radius 3 is 2.38 bits per heavy atom. The molecule has 2 heteroatoms. The molecule has 0 atom stereocenters. The van der Waals surface area contributed by atoms with Crippen molar-refractivity contribution >= 4 is 15.9 Å². The summed E-state index contributed by atoms with van der Waals surface area (Å²) in [5, 5.41) is 1.12. The van der Waals surface area contributed by atoms with Gasteiger partial charge in [-0.3, -0.25) is 0 Å². The molecule has 0 aromatic rings. The van der Waals surface area contributed by atoms with Crippen LogP contribution in [-0.2, 0) is 4.74 Å². The summed E-state index contributed by atoms with van der Waals surface area (Å²) < 4.78 is 5.86. The average molecular weight is 291 g/mol. The van der Waals surface area contributed by atoms with Crippen LogP contribution in [0, 0.1) is 5.41 Å². The maximum atomic E-state index is 5.86. The summed E-state index contributed by atoms with van der Waals surface area (Å²) in [6, 6.07) is 0. The Hall–Kier alpha value is 0.440. The van der Waals surface area contributed by atoms with Crippen LogP contribution in [0.5, 0.6) is 0 Å². The number of rotatable bonds is 9. The first-order valence-corrected chi connectivity index (χ1v) is 8.09. The summed E-state index contributed by atoms with van der Waals surface area (Å²) in [6.45, 7) is 4.21. The van der Waals surface area contributed by atoms with Gasteiger partial charge in [-0.15, -0.1) is 0 Å². The van der Waals surface area contributed by atoms with Crippen molar-refractivity contribution in [2.75, 3.05) is 18.5 Å². The third-order valence-corrected chi connectivity index (χ3v) is 4.94. The van der Waals surface area contributed by atoms with E-state index in [0.29, 0.717) is 5.41 Å². The van der Waals surface area contributed by atoms with E-state index >= 15 is 0 Å². The van der Waals surface area contributed by atoms with Gasteiger partial charge in [0.1, 0.15) is 0 Å². The zero-order valence-corrected chi connectivity index (χ0v) is 12.4. The van der Waals surface area contributed by atoms with E-state index in [9.17, 15) is 0 Å². The molecule has 96 valence electrons. The Labute approximate surface area is 109 Å². The summed E-state index contributed by atoms with van der Waals surface area (Å²) in [5.74, 6) is 0. The van der Waals surface area contributed by atoms with Gasteiger partial charge in [0.2, 0.25) is 0 Å². The molecule has 0 N–H and O–H groups in total. The Kier molecular flexibility index (Phi) is 7.72. The Bertz CT molecular complexity index is 164. The van der Waals surface area contributed by atoms with Gasteiger partial charge in [-0.1, -0.05) is 61.4 Å². The lowest BCUT2D eigenvalue weighted by molar-refractivity contribution is 0.0571. The number of halogens is 1. The van der Waals surface area contributed by atoms with Gasteiger partial charge in [-0.05, 0) is 19.3 Å². The highest BCUT2D eigenvalue weighted by molar-refractivity contribution is 9.09. The fourth-order valence-corrected chi connectivity index (χ4v) is 3.26. The van der Waals surface area contributed by atoms with Crippen molar-refractivity contribution in [3.05, 3.63) is 0 Å². The molecule has 0 aliphatic heterocycles. The van der Waals surface area contributed by atoms with E-state index in [-0.39, 0.29) is 0 Å². The van der Waals surface area contributed by atoms with Crippen molar-refractivity contribution in [3.63, 3.8) is 0 Å². The molecule has 1 saturated carbocycles. The number of ether oxygens (including phenoxy) is 1. The van der Waals surface area contributed by atoms with Crippen LogP contribution in [0.25, 0.3) is 0 Å². The van der Waals surface area contributed by atoms with Crippen LogP contribution in [-0.4, -0.2) is 18.5 Å². The number of unbranched alkanes of at least 4 members (excludes halogenated alkanes) is 4. The van der Waals surface area contributed by atoms with Gasteiger partial charge in [0.25, 0.3) is 0 Å². The maximum absolute atomic E-state index is 5.86. The SMILES string of the molecule is CCCCCCCOCC1(CBr)CCCC1. The van der Waals surface area contributed by atoms with E-state index in [1.807, 2.05) is 0 Å². The molecule has 1 fully saturated rings. The van der Waals surface area contributed by atoms with Crippen LogP contribution in [0.2, 0.25) is 0 Å². The average Bonchev–Trinajstić information content (AvgIpc) is 2.77. The lowest BCUT2D eigenvalue weighted by Gasteiger charge is -2.26. The minimum absolute atomic E-state index is 0.476. The van der Waals surface area contributed by atoms with E-state index in [0.717, 1.165) is 18.5 Å². The molecule has 0 saturated heterocycles.